The van der Waals surface area contributed by atoms with Crippen LogP contribution in [0.2, 0.25) is 0 Å². The molecule has 1 aromatic carbocycles. The number of alkyl carbamates (subject to hydrolysis) is 1. The van der Waals surface area contributed by atoms with E-state index in [1.165, 1.54) is 5.56 Å². The van der Waals surface area contributed by atoms with E-state index in [1.807, 2.05) is 32.9 Å². The van der Waals surface area contributed by atoms with Crippen LogP contribution >= 0.6 is 0 Å². The predicted molar refractivity (Wildman–Crippen MR) is 73.1 cm³/mol. The lowest BCUT2D eigenvalue weighted by atomic mass is 9.97. The Balaban J connectivity index is 1.81. The second-order valence-corrected chi connectivity index (χ2v) is 5.83. The molecule has 0 unspecified atom stereocenters. The molecule has 0 saturated carbocycles. The van der Waals surface area contributed by atoms with Crippen molar-refractivity contribution in [3.05, 3.63) is 35.4 Å². The fourth-order valence-corrected chi connectivity index (χ4v) is 1.82. The third-order valence-corrected chi connectivity index (χ3v) is 2.92. The van der Waals surface area contributed by atoms with Gasteiger partial charge in [0.15, 0.2) is 0 Å². The van der Waals surface area contributed by atoms with E-state index in [2.05, 4.69) is 17.4 Å². The fourth-order valence-electron chi connectivity index (χ4n) is 1.82. The Hall–Kier alpha value is -1.55. The first-order valence-electron chi connectivity index (χ1n) is 6.57. The molecule has 4 nitrogen and oxygen atoms in total. The standard InChI is InChI=1S/C15H21NO3/c1-15(2,3)19-14(17)16-8-11-4-6-12(7-5-11)13-9-18-10-13/h4-7,13H,8-10H2,1-3H3,(H,16,17). The number of nitrogens with one attached hydrogen (secondary N) is 1. The highest BCUT2D eigenvalue weighted by atomic mass is 16.6. The molecule has 0 bridgehead atoms. The molecule has 1 fully saturated rings. The quantitative estimate of drug-likeness (QED) is 0.912. The van der Waals surface area contributed by atoms with Gasteiger partial charge in [0, 0.05) is 12.5 Å². The van der Waals surface area contributed by atoms with Gasteiger partial charge in [-0.3, -0.25) is 0 Å². The molecule has 19 heavy (non-hydrogen) atoms. The summed E-state index contributed by atoms with van der Waals surface area (Å²) in [7, 11) is 0. The maximum Gasteiger partial charge on any atom is 0.407 e. The highest BCUT2D eigenvalue weighted by molar-refractivity contribution is 5.67. The monoisotopic (exact) mass is 263 g/mol. The first-order valence-corrected chi connectivity index (χ1v) is 6.57. The highest BCUT2D eigenvalue weighted by Crippen LogP contribution is 2.23. The zero-order valence-corrected chi connectivity index (χ0v) is 11.7. The molecule has 1 N–H and O–H groups in total. The van der Waals surface area contributed by atoms with E-state index in [4.69, 9.17) is 9.47 Å². The van der Waals surface area contributed by atoms with Crippen LogP contribution in [0.1, 0.15) is 37.8 Å². The Morgan fingerprint density at radius 1 is 1.32 bits per heavy atom. The van der Waals surface area contributed by atoms with Crippen molar-refractivity contribution in [2.75, 3.05) is 13.2 Å². The molecule has 0 aromatic heterocycles. The molecule has 1 saturated heterocycles. The molecule has 0 spiro atoms. The van der Waals surface area contributed by atoms with Crippen LogP contribution in [-0.2, 0) is 16.0 Å². The van der Waals surface area contributed by atoms with E-state index in [0.29, 0.717) is 12.5 Å². The van der Waals surface area contributed by atoms with Crippen LogP contribution in [0, 0.1) is 0 Å². The number of carbonyl (C=O) groups excluding carboxylic acids is 1. The van der Waals surface area contributed by atoms with Gasteiger partial charge >= 0.3 is 6.09 Å². The van der Waals surface area contributed by atoms with Gasteiger partial charge in [0.2, 0.25) is 0 Å². The van der Waals surface area contributed by atoms with Gasteiger partial charge in [-0.1, -0.05) is 24.3 Å². The van der Waals surface area contributed by atoms with Crippen LogP contribution < -0.4 is 5.32 Å². The minimum atomic E-state index is -0.460. The van der Waals surface area contributed by atoms with Gasteiger partial charge in [-0.25, -0.2) is 4.79 Å². The first kappa shape index (κ1) is 13.9. The topological polar surface area (TPSA) is 47.6 Å². The number of benzene rings is 1. The number of amides is 1. The normalized spacial score (nSPS) is 15.7. The number of hydrogen-bond acceptors (Lipinski definition) is 3. The van der Waals surface area contributed by atoms with Crippen LogP contribution in [0.5, 0.6) is 0 Å². The molecule has 0 atom stereocenters. The molecule has 1 aliphatic heterocycles. The summed E-state index contributed by atoms with van der Waals surface area (Å²) in [6, 6.07) is 8.26. The van der Waals surface area contributed by atoms with Crippen molar-refractivity contribution < 1.29 is 14.3 Å². The van der Waals surface area contributed by atoms with E-state index in [9.17, 15) is 4.79 Å². The molecule has 0 aliphatic carbocycles. The molecule has 0 radical (unpaired) electrons. The summed E-state index contributed by atoms with van der Waals surface area (Å²) in [5.41, 5.74) is 1.90. The number of carbonyl (C=O) groups is 1. The summed E-state index contributed by atoms with van der Waals surface area (Å²) in [5.74, 6) is 0.535. The smallest absolute Gasteiger partial charge is 0.407 e. The van der Waals surface area contributed by atoms with Gasteiger partial charge < -0.3 is 14.8 Å². The zero-order valence-electron chi connectivity index (χ0n) is 11.7. The average molecular weight is 263 g/mol. The summed E-state index contributed by atoms with van der Waals surface area (Å²) in [5, 5.41) is 2.75. The third kappa shape index (κ3) is 4.24. The molecule has 1 aliphatic rings. The van der Waals surface area contributed by atoms with Gasteiger partial charge in [0.1, 0.15) is 5.60 Å². The maximum atomic E-state index is 11.5. The molecular formula is C15H21NO3. The van der Waals surface area contributed by atoms with Crippen molar-refractivity contribution in [2.45, 2.75) is 38.8 Å². The van der Waals surface area contributed by atoms with Crippen molar-refractivity contribution in [2.24, 2.45) is 0 Å². The van der Waals surface area contributed by atoms with E-state index in [0.717, 1.165) is 18.8 Å². The second kappa shape index (κ2) is 5.61. The lowest BCUT2D eigenvalue weighted by molar-refractivity contribution is 0.00842. The largest absolute Gasteiger partial charge is 0.444 e. The van der Waals surface area contributed by atoms with Gasteiger partial charge in [-0.2, -0.15) is 0 Å². The molecule has 1 aromatic rings. The Kier molecular flexibility index (Phi) is 4.10. The Morgan fingerprint density at radius 3 is 2.42 bits per heavy atom. The van der Waals surface area contributed by atoms with Crippen molar-refractivity contribution in [3.63, 3.8) is 0 Å². The summed E-state index contributed by atoms with van der Waals surface area (Å²) in [4.78, 5) is 11.5. The highest BCUT2D eigenvalue weighted by Gasteiger charge is 2.20. The molecular weight excluding hydrogens is 242 g/mol. The van der Waals surface area contributed by atoms with Gasteiger partial charge in [-0.05, 0) is 31.9 Å². The van der Waals surface area contributed by atoms with Crippen LogP contribution in [0.3, 0.4) is 0 Å². The molecule has 1 heterocycles. The van der Waals surface area contributed by atoms with E-state index < -0.39 is 5.60 Å². The number of ether oxygens (including phenoxy) is 2. The molecule has 2 rings (SSSR count). The molecule has 1 amide bonds. The predicted octanol–water partition coefficient (Wildman–Crippen LogP) is 2.83. The zero-order chi connectivity index (χ0) is 13.9. The van der Waals surface area contributed by atoms with Crippen LogP contribution in [0.4, 0.5) is 4.79 Å². The van der Waals surface area contributed by atoms with Crippen molar-refractivity contribution in [3.8, 4) is 0 Å². The van der Waals surface area contributed by atoms with Crippen LogP contribution in [-0.4, -0.2) is 24.9 Å². The van der Waals surface area contributed by atoms with Crippen molar-refractivity contribution >= 4 is 6.09 Å². The van der Waals surface area contributed by atoms with E-state index in [1.54, 1.807) is 0 Å². The second-order valence-electron chi connectivity index (χ2n) is 5.83. The fraction of sp³-hybridized carbons (Fsp3) is 0.533. The minimum Gasteiger partial charge on any atom is -0.444 e. The van der Waals surface area contributed by atoms with Crippen molar-refractivity contribution in [1.29, 1.82) is 0 Å². The van der Waals surface area contributed by atoms with Gasteiger partial charge in [-0.15, -0.1) is 0 Å². The maximum absolute atomic E-state index is 11.5. The van der Waals surface area contributed by atoms with Gasteiger partial charge in [0.05, 0.1) is 13.2 Å². The average Bonchev–Trinajstić information content (AvgIpc) is 2.23. The van der Waals surface area contributed by atoms with Crippen LogP contribution in [0.15, 0.2) is 24.3 Å². The number of hydrogen-bond donors (Lipinski definition) is 1. The van der Waals surface area contributed by atoms with E-state index in [-0.39, 0.29) is 6.09 Å². The summed E-state index contributed by atoms with van der Waals surface area (Å²) < 4.78 is 10.4. The summed E-state index contributed by atoms with van der Waals surface area (Å²) >= 11 is 0. The minimum absolute atomic E-state index is 0.385. The lowest BCUT2D eigenvalue weighted by Crippen LogP contribution is -2.32. The third-order valence-electron chi connectivity index (χ3n) is 2.92. The van der Waals surface area contributed by atoms with Crippen LogP contribution in [0.25, 0.3) is 0 Å². The Morgan fingerprint density at radius 2 is 1.95 bits per heavy atom. The first-order chi connectivity index (χ1) is 8.94. The van der Waals surface area contributed by atoms with E-state index >= 15 is 0 Å². The Labute approximate surface area is 114 Å². The summed E-state index contributed by atoms with van der Waals surface area (Å²) in [6.07, 6.45) is -0.385. The SMILES string of the molecule is CC(C)(C)OC(=O)NCc1ccc(C2COC2)cc1. The molecule has 104 valence electrons. The number of rotatable bonds is 3. The molecule has 4 heteroatoms. The van der Waals surface area contributed by atoms with Gasteiger partial charge in [0.25, 0.3) is 0 Å². The summed E-state index contributed by atoms with van der Waals surface area (Å²) in [6.45, 7) is 7.66. The Bertz CT molecular complexity index is 430. The van der Waals surface area contributed by atoms with Crippen molar-refractivity contribution in [1.82, 2.24) is 5.32 Å². The lowest BCUT2D eigenvalue weighted by Gasteiger charge is -2.26.